The zero-order valence-corrected chi connectivity index (χ0v) is 13.5. The van der Waals surface area contributed by atoms with Crippen LogP contribution in [0.15, 0.2) is 12.1 Å². The van der Waals surface area contributed by atoms with Crippen molar-refractivity contribution in [1.29, 1.82) is 0 Å². The molecule has 1 aromatic rings. The molecule has 0 radical (unpaired) electrons. The van der Waals surface area contributed by atoms with Crippen LogP contribution in [0.3, 0.4) is 0 Å². The highest BCUT2D eigenvalue weighted by Crippen LogP contribution is 2.41. The predicted molar refractivity (Wildman–Crippen MR) is 81.3 cm³/mol. The van der Waals surface area contributed by atoms with Crippen molar-refractivity contribution in [1.82, 2.24) is 0 Å². The van der Waals surface area contributed by atoms with Gasteiger partial charge in [-0.2, -0.15) is 0 Å². The Labute approximate surface area is 133 Å². The van der Waals surface area contributed by atoms with Gasteiger partial charge in [-0.3, -0.25) is 14.9 Å². The summed E-state index contributed by atoms with van der Waals surface area (Å²) < 4.78 is 9.58. The highest BCUT2D eigenvalue weighted by atomic mass is 35.5. The Bertz CT molecular complexity index is 576. The molecule has 8 nitrogen and oxygen atoms in total. The number of nitro benzene ring substituents is 1. The molecule has 0 spiro atoms. The fourth-order valence-corrected chi connectivity index (χ4v) is 1.89. The molecule has 0 amide bonds. The van der Waals surface area contributed by atoms with Gasteiger partial charge < -0.3 is 20.3 Å². The predicted octanol–water partition coefficient (Wildman–Crippen LogP) is 1.93. The minimum Gasteiger partial charge on any atom is -0.500 e. The van der Waals surface area contributed by atoms with E-state index in [1.807, 2.05) is 0 Å². The summed E-state index contributed by atoms with van der Waals surface area (Å²) in [5.41, 5.74) is 4.67. The third-order valence-corrected chi connectivity index (χ3v) is 3.34. The maximum Gasteiger partial charge on any atom is 0.314 e. The van der Waals surface area contributed by atoms with Crippen molar-refractivity contribution in [3.8, 4) is 11.5 Å². The molecule has 0 aliphatic heterocycles. The fourth-order valence-electron chi connectivity index (χ4n) is 1.89. The number of carbonyl (C=O) groups is 1. The molecule has 0 aliphatic carbocycles. The van der Waals surface area contributed by atoms with E-state index in [0.717, 1.165) is 6.07 Å². The lowest BCUT2D eigenvalue weighted by Gasteiger charge is -2.29. The second-order valence-corrected chi connectivity index (χ2v) is 5.04. The first-order valence-electron chi connectivity index (χ1n) is 6.06. The third kappa shape index (κ3) is 3.58. The molecule has 124 valence electrons. The monoisotopic (exact) mass is 334 g/mol. The van der Waals surface area contributed by atoms with E-state index < -0.39 is 33.8 Å². The highest BCUT2D eigenvalue weighted by molar-refractivity contribution is 5.85. The molecule has 0 saturated carbocycles. The normalized spacial score (nSPS) is 12.0. The van der Waals surface area contributed by atoms with Crippen molar-refractivity contribution in [3.63, 3.8) is 0 Å². The second-order valence-electron chi connectivity index (χ2n) is 5.04. The lowest BCUT2D eigenvalue weighted by molar-refractivity contribution is -0.386. The van der Waals surface area contributed by atoms with Crippen LogP contribution in [-0.2, 0) is 9.53 Å². The summed E-state index contributed by atoms with van der Waals surface area (Å²) in [4.78, 5) is 22.0. The summed E-state index contributed by atoms with van der Waals surface area (Å²) in [7, 11) is 2.50. The van der Waals surface area contributed by atoms with E-state index in [2.05, 4.69) is 4.74 Å². The fraction of sp³-hybridized carbons (Fsp3) is 0.462. The van der Waals surface area contributed by atoms with Gasteiger partial charge >= 0.3 is 11.7 Å². The van der Waals surface area contributed by atoms with Crippen molar-refractivity contribution in [2.45, 2.75) is 19.9 Å². The smallest absolute Gasteiger partial charge is 0.314 e. The quantitative estimate of drug-likeness (QED) is 0.478. The molecule has 1 aromatic carbocycles. The summed E-state index contributed by atoms with van der Waals surface area (Å²) in [6, 6.07) is 1.60. The lowest BCUT2D eigenvalue weighted by atomic mass is 9.81. The molecule has 22 heavy (non-hydrogen) atoms. The van der Waals surface area contributed by atoms with Crippen molar-refractivity contribution >= 4 is 24.1 Å². The van der Waals surface area contributed by atoms with E-state index >= 15 is 0 Å². The van der Waals surface area contributed by atoms with E-state index in [-0.39, 0.29) is 23.7 Å². The summed E-state index contributed by atoms with van der Waals surface area (Å²) >= 11 is 0. The molecule has 0 heterocycles. The van der Waals surface area contributed by atoms with Crippen LogP contribution < -0.4 is 10.5 Å². The van der Waals surface area contributed by atoms with Crippen LogP contribution in [0.25, 0.3) is 0 Å². The minimum atomic E-state index is -1.11. The van der Waals surface area contributed by atoms with Crippen molar-refractivity contribution in [2.24, 2.45) is 11.1 Å². The largest absolute Gasteiger partial charge is 0.500 e. The van der Waals surface area contributed by atoms with Gasteiger partial charge in [0.15, 0.2) is 5.75 Å². The van der Waals surface area contributed by atoms with Gasteiger partial charge in [-0.25, -0.2) is 0 Å². The molecular weight excluding hydrogens is 316 g/mol. The van der Waals surface area contributed by atoms with Gasteiger partial charge in [-0.15, -0.1) is 12.4 Å². The van der Waals surface area contributed by atoms with E-state index in [1.54, 1.807) is 13.8 Å². The van der Waals surface area contributed by atoms with Gasteiger partial charge in [-0.05, 0) is 25.5 Å². The first kappa shape index (κ1) is 19.9. The van der Waals surface area contributed by atoms with E-state index in [9.17, 15) is 20.0 Å². The van der Waals surface area contributed by atoms with Crippen LogP contribution in [0.2, 0.25) is 0 Å². The van der Waals surface area contributed by atoms with Gasteiger partial charge in [0.05, 0.1) is 24.6 Å². The van der Waals surface area contributed by atoms with Gasteiger partial charge in [0.2, 0.25) is 5.75 Å². The molecule has 0 fully saturated rings. The lowest BCUT2D eigenvalue weighted by Crippen LogP contribution is -2.37. The summed E-state index contributed by atoms with van der Waals surface area (Å²) in [5.74, 6) is -1.23. The Kier molecular flexibility index (Phi) is 6.60. The number of benzene rings is 1. The number of nitrogens with two attached hydrogens (primary N) is 1. The van der Waals surface area contributed by atoms with Crippen molar-refractivity contribution < 1.29 is 24.3 Å². The van der Waals surface area contributed by atoms with Crippen molar-refractivity contribution in [3.05, 3.63) is 27.8 Å². The molecule has 0 aromatic heterocycles. The number of esters is 1. The second kappa shape index (κ2) is 7.28. The van der Waals surface area contributed by atoms with Crippen LogP contribution in [0, 0.1) is 15.5 Å². The summed E-state index contributed by atoms with van der Waals surface area (Å²) in [5, 5.41) is 20.7. The molecule has 3 N–H and O–H groups in total. The Morgan fingerprint density at radius 3 is 2.36 bits per heavy atom. The van der Waals surface area contributed by atoms with Gasteiger partial charge in [0.1, 0.15) is 0 Å². The Hall–Kier alpha value is -2.06. The van der Waals surface area contributed by atoms with Gasteiger partial charge in [0, 0.05) is 12.1 Å². The van der Waals surface area contributed by atoms with Crippen LogP contribution in [0.1, 0.15) is 25.5 Å². The van der Waals surface area contributed by atoms with Crippen molar-refractivity contribution in [2.75, 3.05) is 14.2 Å². The summed E-state index contributed by atoms with van der Waals surface area (Å²) in [6.45, 7) is 3.13. The number of carbonyl (C=O) groups excluding carboxylic acids is 1. The Morgan fingerprint density at radius 1 is 1.41 bits per heavy atom. The number of phenolic OH excluding ortho intramolecular Hbond substituents is 1. The van der Waals surface area contributed by atoms with Crippen LogP contribution >= 0.6 is 12.4 Å². The molecule has 0 unspecified atom stereocenters. The van der Waals surface area contributed by atoms with Crippen LogP contribution in [-0.4, -0.2) is 30.2 Å². The number of hydrogen-bond acceptors (Lipinski definition) is 7. The number of aromatic hydroxyl groups is 1. The van der Waals surface area contributed by atoms with Crippen LogP contribution in [0.5, 0.6) is 11.5 Å². The zero-order chi connectivity index (χ0) is 16.4. The Balaban J connectivity index is 0.00000441. The average Bonchev–Trinajstić information content (AvgIpc) is 2.45. The maximum absolute atomic E-state index is 11.8. The minimum absolute atomic E-state index is 0. The first-order valence-corrected chi connectivity index (χ1v) is 6.06. The standard InChI is InChI=1S/C13H18N2O6.ClH/c1-13(2,12(17)21-4)11(14)7-5-8(15(18)19)10(16)9(6-7)20-3;/h5-6,11,16H,14H2,1-4H3;1H/t11-;/m0./s1. The van der Waals surface area contributed by atoms with Crippen LogP contribution in [0.4, 0.5) is 5.69 Å². The highest BCUT2D eigenvalue weighted by Gasteiger charge is 2.38. The number of methoxy groups -OCH3 is 2. The average molecular weight is 335 g/mol. The molecular formula is C13H19ClN2O6. The topological polar surface area (TPSA) is 125 Å². The van der Waals surface area contributed by atoms with E-state index in [4.69, 9.17) is 10.5 Å². The number of hydrogen-bond donors (Lipinski definition) is 2. The number of ether oxygens (including phenoxy) is 2. The Morgan fingerprint density at radius 2 is 1.95 bits per heavy atom. The first-order chi connectivity index (χ1) is 9.66. The van der Waals surface area contributed by atoms with Gasteiger partial charge in [0.25, 0.3) is 0 Å². The number of phenols is 1. The third-order valence-electron chi connectivity index (χ3n) is 3.34. The van der Waals surface area contributed by atoms with E-state index in [0.29, 0.717) is 0 Å². The molecule has 1 atom stereocenters. The maximum atomic E-state index is 11.8. The molecule has 0 saturated heterocycles. The van der Waals surface area contributed by atoms with Gasteiger partial charge in [-0.1, -0.05) is 0 Å². The number of rotatable bonds is 5. The molecule has 0 bridgehead atoms. The zero-order valence-electron chi connectivity index (χ0n) is 12.7. The van der Waals surface area contributed by atoms with E-state index in [1.165, 1.54) is 20.3 Å². The summed E-state index contributed by atoms with van der Waals surface area (Å²) in [6.07, 6.45) is 0. The molecule has 0 aliphatic rings. The number of nitrogens with zero attached hydrogens (tertiary/aromatic N) is 1. The number of halogens is 1. The molecule has 1 rings (SSSR count). The SMILES string of the molecule is COC(=O)C(C)(C)[C@@H](N)c1cc(OC)c(O)c([N+](=O)[O-])c1.Cl. The molecule has 9 heteroatoms. The number of nitro groups is 1.